The molecule has 2 atom stereocenters. The number of thiocarbonyl (C=S) groups is 1. The Morgan fingerprint density at radius 1 is 1.14 bits per heavy atom. The van der Waals surface area contributed by atoms with Crippen molar-refractivity contribution in [2.75, 3.05) is 25.0 Å². The SMILES string of the molecule is CCN1CCC(C(CCc2cc3cc(C(=N)N)ccc3o2)Nc2cc(C)nc(CC(=S)Cc3ccc(Cl)c(Cl)c3)n2)C1. The second-order valence-corrected chi connectivity index (χ2v) is 12.5. The number of likely N-dealkylation sites (tertiary alicyclic amines) is 1. The van der Waals surface area contributed by atoms with Crippen molar-refractivity contribution < 1.29 is 4.42 Å². The van der Waals surface area contributed by atoms with Crippen molar-refractivity contribution >= 4 is 62.9 Å². The quantitative estimate of drug-likeness (QED) is 0.0884. The Hall–Kier alpha value is -3.04. The molecule has 4 N–H and O–H groups in total. The number of amidine groups is 1. The summed E-state index contributed by atoms with van der Waals surface area (Å²) in [6, 6.07) is 15.5. The van der Waals surface area contributed by atoms with E-state index in [2.05, 4.69) is 28.2 Å². The largest absolute Gasteiger partial charge is 0.461 e. The van der Waals surface area contributed by atoms with Gasteiger partial charge in [0.2, 0.25) is 0 Å². The van der Waals surface area contributed by atoms with Gasteiger partial charge in [-0.2, -0.15) is 0 Å². The van der Waals surface area contributed by atoms with Crippen LogP contribution in [-0.2, 0) is 19.3 Å². The van der Waals surface area contributed by atoms with Crippen molar-refractivity contribution in [2.24, 2.45) is 11.7 Å². The zero-order chi connectivity index (χ0) is 29.8. The predicted octanol–water partition coefficient (Wildman–Crippen LogP) is 7.03. The lowest BCUT2D eigenvalue weighted by Gasteiger charge is -2.26. The zero-order valence-corrected chi connectivity index (χ0v) is 26.3. The van der Waals surface area contributed by atoms with Crippen LogP contribution in [0, 0.1) is 18.3 Å². The summed E-state index contributed by atoms with van der Waals surface area (Å²) in [4.78, 5) is 12.9. The molecule has 1 saturated heterocycles. The molecular formula is C32H36Cl2N6OS. The molecule has 5 rings (SSSR count). The molecule has 1 fully saturated rings. The van der Waals surface area contributed by atoms with Gasteiger partial charge in [0.15, 0.2) is 0 Å². The first kappa shape index (κ1) is 30.4. The van der Waals surface area contributed by atoms with Crippen LogP contribution in [0.2, 0.25) is 10.0 Å². The molecule has 0 aliphatic carbocycles. The third-order valence-electron chi connectivity index (χ3n) is 7.88. The number of benzene rings is 2. The van der Waals surface area contributed by atoms with Crippen molar-refractivity contribution in [3.8, 4) is 0 Å². The highest BCUT2D eigenvalue weighted by atomic mass is 35.5. The van der Waals surface area contributed by atoms with E-state index in [0.717, 1.165) is 77.6 Å². The number of fused-ring (bicyclic) bond motifs is 1. The molecule has 0 bridgehead atoms. The number of hydrogen-bond acceptors (Lipinski definition) is 7. The van der Waals surface area contributed by atoms with Gasteiger partial charge in [-0.1, -0.05) is 48.4 Å². The van der Waals surface area contributed by atoms with E-state index in [1.807, 2.05) is 43.3 Å². The van der Waals surface area contributed by atoms with Crippen LogP contribution in [0.15, 0.2) is 52.9 Å². The maximum Gasteiger partial charge on any atom is 0.135 e. The summed E-state index contributed by atoms with van der Waals surface area (Å²) < 4.78 is 6.15. The molecule has 0 spiro atoms. The van der Waals surface area contributed by atoms with Gasteiger partial charge in [0.05, 0.1) is 10.0 Å². The molecule has 0 amide bonds. The van der Waals surface area contributed by atoms with Gasteiger partial charge in [0.25, 0.3) is 0 Å². The number of aromatic nitrogens is 2. The zero-order valence-electron chi connectivity index (χ0n) is 23.9. The summed E-state index contributed by atoms with van der Waals surface area (Å²) >= 11 is 18.0. The molecule has 2 aromatic carbocycles. The number of furan rings is 1. The number of halogens is 2. The minimum absolute atomic E-state index is 0.0558. The number of nitrogen functional groups attached to an aromatic ring is 1. The average Bonchev–Trinajstić information content (AvgIpc) is 3.59. The van der Waals surface area contributed by atoms with E-state index in [4.69, 9.17) is 56.0 Å². The minimum Gasteiger partial charge on any atom is -0.461 e. The molecule has 2 aromatic heterocycles. The van der Waals surface area contributed by atoms with E-state index < -0.39 is 0 Å². The fourth-order valence-electron chi connectivity index (χ4n) is 5.68. The molecule has 10 heteroatoms. The molecule has 0 saturated carbocycles. The summed E-state index contributed by atoms with van der Waals surface area (Å²) in [6.07, 6.45) is 3.93. The lowest BCUT2D eigenvalue weighted by molar-refractivity contribution is 0.327. The van der Waals surface area contributed by atoms with Gasteiger partial charge < -0.3 is 20.4 Å². The Kier molecular flexibility index (Phi) is 9.78. The van der Waals surface area contributed by atoms with Gasteiger partial charge in [0, 0.05) is 59.4 Å². The van der Waals surface area contributed by atoms with Gasteiger partial charge in [0.1, 0.15) is 28.8 Å². The summed E-state index contributed by atoms with van der Waals surface area (Å²) in [5.74, 6) is 3.01. The van der Waals surface area contributed by atoms with Crippen LogP contribution in [0.3, 0.4) is 0 Å². The van der Waals surface area contributed by atoms with Crippen molar-refractivity contribution in [1.29, 1.82) is 5.41 Å². The van der Waals surface area contributed by atoms with E-state index in [1.165, 1.54) is 0 Å². The molecule has 220 valence electrons. The van der Waals surface area contributed by atoms with Gasteiger partial charge in [-0.3, -0.25) is 5.41 Å². The van der Waals surface area contributed by atoms with Crippen molar-refractivity contribution in [1.82, 2.24) is 14.9 Å². The van der Waals surface area contributed by atoms with Crippen LogP contribution in [0.25, 0.3) is 11.0 Å². The molecule has 7 nitrogen and oxygen atoms in total. The highest BCUT2D eigenvalue weighted by Crippen LogP contribution is 2.28. The molecule has 3 heterocycles. The van der Waals surface area contributed by atoms with Crippen LogP contribution < -0.4 is 11.1 Å². The highest BCUT2D eigenvalue weighted by Gasteiger charge is 2.29. The Morgan fingerprint density at radius 2 is 1.98 bits per heavy atom. The monoisotopic (exact) mass is 622 g/mol. The third kappa shape index (κ3) is 7.67. The third-order valence-corrected chi connectivity index (χ3v) is 8.91. The number of nitrogens with zero attached hydrogens (tertiary/aromatic N) is 3. The Balaban J connectivity index is 1.30. The number of anilines is 1. The number of nitrogens with one attached hydrogen (secondary N) is 2. The lowest BCUT2D eigenvalue weighted by atomic mass is 9.94. The summed E-state index contributed by atoms with van der Waals surface area (Å²) in [5.41, 5.74) is 9.11. The Labute approximate surface area is 262 Å². The van der Waals surface area contributed by atoms with E-state index in [1.54, 1.807) is 6.07 Å². The molecule has 0 radical (unpaired) electrons. The van der Waals surface area contributed by atoms with Crippen molar-refractivity contribution in [3.63, 3.8) is 0 Å². The number of hydrogen-bond donors (Lipinski definition) is 3. The van der Waals surface area contributed by atoms with E-state index >= 15 is 0 Å². The molecule has 1 aliphatic heterocycles. The van der Waals surface area contributed by atoms with E-state index in [-0.39, 0.29) is 11.9 Å². The summed E-state index contributed by atoms with van der Waals surface area (Å²) in [5, 5.41) is 13.5. The first-order chi connectivity index (χ1) is 20.2. The first-order valence-corrected chi connectivity index (χ1v) is 15.5. The number of rotatable bonds is 12. The Bertz CT molecular complexity index is 1610. The highest BCUT2D eigenvalue weighted by molar-refractivity contribution is 7.80. The van der Waals surface area contributed by atoms with E-state index in [9.17, 15) is 0 Å². The van der Waals surface area contributed by atoms with Crippen LogP contribution in [0.1, 0.15) is 48.2 Å². The molecule has 4 aromatic rings. The number of nitrogens with two attached hydrogens (primary N) is 1. The fraction of sp³-hybridized carbons (Fsp3) is 0.375. The van der Waals surface area contributed by atoms with Crippen molar-refractivity contribution in [3.05, 3.63) is 87.0 Å². The standard InChI is InChI=1S/C32H36Cl2N6OS/c1-3-40-11-10-22(18-40)28(8-6-24-16-23-15-21(32(35)36)5-9-29(23)41-24)38-30-12-19(2)37-31(39-30)17-25(42)13-20-4-7-26(33)27(34)14-20/h4-5,7,9,12,14-16,22,28H,3,6,8,10-11,13,17-18H2,1-2H3,(H3,35,36)(H,37,38,39). The first-order valence-electron chi connectivity index (χ1n) is 14.3. The topological polar surface area (TPSA) is 104 Å². The second-order valence-electron chi connectivity index (χ2n) is 11.1. The lowest BCUT2D eigenvalue weighted by Crippen LogP contribution is -2.33. The smallest absolute Gasteiger partial charge is 0.135 e. The molecule has 2 unspecified atom stereocenters. The maximum atomic E-state index is 7.73. The molecule has 42 heavy (non-hydrogen) atoms. The average molecular weight is 624 g/mol. The van der Waals surface area contributed by atoms with Crippen LogP contribution in [0.5, 0.6) is 0 Å². The van der Waals surface area contributed by atoms with Gasteiger partial charge in [-0.05, 0) is 80.7 Å². The van der Waals surface area contributed by atoms with E-state index in [0.29, 0.717) is 40.2 Å². The minimum atomic E-state index is 0.0558. The second kappa shape index (κ2) is 13.5. The van der Waals surface area contributed by atoms with Crippen molar-refractivity contribution in [2.45, 2.75) is 52.0 Å². The number of aryl methyl sites for hydroxylation is 2. The van der Waals surface area contributed by atoms with Crippen LogP contribution >= 0.6 is 35.4 Å². The molecule has 1 aliphatic rings. The Morgan fingerprint density at radius 3 is 2.71 bits per heavy atom. The van der Waals surface area contributed by atoms with Gasteiger partial charge in [-0.25, -0.2) is 9.97 Å². The summed E-state index contributed by atoms with van der Waals surface area (Å²) in [6.45, 7) is 7.43. The van der Waals surface area contributed by atoms with Gasteiger partial charge in [-0.15, -0.1) is 0 Å². The maximum absolute atomic E-state index is 7.73. The normalized spacial score (nSPS) is 16.1. The predicted molar refractivity (Wildman–Crippen MR) is 176 cm³/mol. The fourth-order valence-corrected chi connectivity index (χ4v) is 6.30. The van der Waals surface area contributed by atoms with Crippen LogP contribution in [-0.4, -0.2) is 51.2 Å². The molecular weight excluding hydrogens is 587 g/mol. The van der Waals surface area contributed by atoms with Crippen LogP contribution in [0.4, 0.5) is 5.82 Å². The van der Waals surface area contributed by atoms with Gasteiger partial charge >= 0.3 is 0 Å². The summed E-state index contributed by atoms with van der Waals surface area (Å²) in [7, 11) is 0.